The van der Waals surface area contributed by atoms with Gasteiger partial charge in [0.15, 0.2) is 5.11 Å². The molecular formula is C29H25N3S. The van der Waals surface area contributed by atoms with Crippen LogP contribution in [-0.4, -0.2) is 30.1 Å². The van der Waals surface area contributed by atoms with Gasteiger partial charge in [-0.05, 0) is 81.3 Å². The Hall–Kier alpha value is -3.47. The first kappa shape index (κ1) is 20.2. The fourth-order valence-corrected chi connectivity index (χ4v) is 5.27. The highest BCUT2D eigenvalue weighted by Gasteiger charge is 2.32. The molecule has 1 atom stereocenters. The molecule has 0 aliphatic carbocycles. The third-order valence-corrected chi connectivity index (χ3v) is 6.83. The van der Waals surface area contributed by atoms with E-state index in [1.807, 2.05) is 0 Å². The van der Waals surface area contributed by atoms with Crippen molar-refractivity contribution in [1.82, 2.24) is 15.5 Å². The number of fused-ring (bicyclic) bond motifs is 2. The van der Waals surface area contributed by atoms with Gasteiger partial charge in [0.25, 0.3) is 0 Å². The van der Waals surface area contributed by atoms with Crippen LogP contribution in [0.15, 0.2) is 102 Å². The smallest absolute Gasteiger partial charge is 0.171 e. The van der Waals surface area contributed by atoms with Crippen molar-refractivity contribution in [3.63, 3.8) is 0 Å². The van der Waals surface area contributed by atoms with Crippen LogP contribution in [0.25, 0.3) is 27.6 Å². The van der Waals surface area contributed by atoms with Gasteiger partial charge in [0.1, 0.15) is 0 Å². The maximum Gasteiger partial charge on any atom is 0.171 e. The number of likely N-dealkylation sites (N-methyl/N-ethyl adjacent to an activating group) is 1. The predicted molar refractivity (Wildman–Crippen MR) is 142 cm³/mol. The first-order valence-corrected chi connectivity index (χ1v) is 11.7. The average Bonchev–Trinajstić information content (AvgIpc) is 2.84. The largest absolute Gasteiger partial charge is 0.352 e. The third kappa shape index (κ3) is 3.82. The van der Waals surface area contributed by atoms with Gasteiger partial charge < -0.3 is 10.6 Å². The van der Waals surface area contributed by atoms with E-state index >= 15 is 0 Å². The van der Waals surface area contributed by atoms with Crippen LogP contribution in [0, 0.1) is 0 Å². The standard InChI is InChI=1S/C29H25N3S/c1-32-17-25(15-19-10-11-20-6-2-4-8-22(20)14-19)28-26(18-32)27(30-29(33)31-28)24-13-12-21-7-3-5-9-23(21)16-24/h2-16,27H,17-18H2,1H3,(H2,30,31,33)/b25-15+. The van der Waals surface area contributed by atoms with Crippen molar-refractivity contribution < 1.29 is 0 Å². The number of benzene rings is 4. The van der Waals surface area contributed by atoms with E-state index < -0.39 is 0 Å². The van der Waals surface area contributed by atoms with Crippen molar-refractivity contribution in [1.29, 1.82) is 0 Å². The summed E-state index contributed by atoms with van der Waals surface area (Å²) < 4.78 is 0. The molecule has 33 heavy (non-hydrogen) atoms. The highest BCUT2D eigenvalue weighted by atomic mass is 32.1. The molecule has 4 aromatic rings. The molecule has 2 aliphatic heterocycles. The number of rotatable bonds is 2. The fourth-order valence-electron chi connectivity index (χ4n) is 5.05. The van der Waals surface area contributed by atoms with Gasteiger partial charge in [-0.1, -0.05) is 72.8 Å². The fraction of sp³-hybridized carbons (Fsp3) is 0.138. The van der Waals surface area contributed by atoms with E-state index in [2.05, 4.69) is 114 Å². The van der Waals surface area contributed by atoms with Crippen molar-refractivity contribution in [2.75, 3.05) is 20.1 Å². The lowest BCUT2D eigenvalue weighted by molar-refractivity contribution is 0.364. The van der Waals surface area contributed by atoms with E-state index in [1.54, 1.807) is 0 Å². The molecule has 0 aromatic heterocycles. The van der Waals surface area contributed by atoms with Crippen molar-refractivity contribution in [3.05, 3.63) is 113 Å². The van der Waals surface area contributed by atoms with Gasteiger partial charge in [-0.3, -0.25) is 4.90 Å². The monoisotopic (exact) mass is 447 g/mol. The van der Waals surface area contributed by atoms with E-state index in [9.17, 15) is 0 Å². The van der Waals surface area contributed by atoms with E-state index in [4.69, 9.17) is 12.2 Å². The van der Waals surface area contributed by atoms with Crippen molar-refractivity contribution in [2.24, 2.45) is 0 Å². The minimum Gasteiger partial charge on any atom is -0.352 e. The molecule has 2 heterocycles. The lowest BCUT2D eigenvalue weighted by Gasteiger charge is -2.39. The minimum absolute atomic E-state index is 0.0566. The van der Waals surface area contributed by atoms with Gasteiger partial charge in [0.05, 0.1) is 6.04 Å². The topological polar surface area (TPSA) is 27.3 Å². The molecule has 1 unspecified atom stereocenters. The second-order valence-corrected chi connectivity index (χ2v) is 9.40. The molecule has 4 heteroatoms. The molecule has 2 N–H and O–H groups in total. The second-order valence-electron chi connectivity index (χ2n) is 8.99. The molecule has 162 valence electrons. The number of hydrogen-bond acceptors (Lipinski definition) is 2. The van der Waals surface area contributed by atoms with Crippen LogP contribution < -0.4 is 10.6 Å². The zero-order valence-electron chi connectivity index (χ0n) is 18.5. The summed E-state index contributed by atoms with van der Waals surface area (Å²) in [5.41, 5.74) is 6.22. The summed E-state index contributed by atoms with van der Waals surface area (Å²) >= 11 is 5.66. The Morgan fingerprint density at radius 2 is 1.48 bits per heavy atom. The van der Waals surface area contributed by atoms with Crippen LogP contribution >= 0.6 is 12.2 Å². The lowest BCUT2D eigenvalue weighted by Crippen LogP contribution is -2.49. The molecule has 0 radical (unpaired) electrons. The van der Waals surface area contributed by atoms with Crippen molar-refractivity contribution >= 4 is 45.0 Å². The van der Waals surface area contributed by atoms with Crippen LogP contribution in [0.3, 0.4) is 0 Å². The number of nitrogens with zero attached hydrogens (tertiary/aromatic N) is 1. The Bertz CT molecular complexity index is 1470. The molecule has 0 spiro atoms. The van der Waals surface area contributed by atoms with Crippen molar-refractivity contribution in [3.8, 4) is 0 Å². The van der Waals surface area contributed by atoms with Crippen LogP contribution in [0.5, 0.6) is 0 Å². The van der Waals surface area contributed by atoms with Crippen molar-refractivity contribution in [2.45, 2.75) is 6.04 Å². The zero-order chi connectivity index (χ0) is 22.4. The molecule has 0 saturated carbocycles. The summed E-state index contributed by atoms with van der Waals surface area (Å²) in [6.45, 7) is 1.77. The van der Waals surface area contributed by atoms with Crippen LogP contribution in [0.2, 0.25) is 0 Å². The lowest BCUT2D eigenvalue weighted by atomic mass is 9.88. The van der Waals surface area contributed by atoms with Crippen LogP contribution in [0.4, 0.5) is 0 Å². The third-order valence-electron chi connectivity index (χ3n) is 6.61. The maximum atomic E-state index is 5.66. The summed E-state index contributed by atoms with van der Waals surface area (Å²) in [6.07, 6.45) is 2.30. The minimum atomic E-state index is 0.0566. The Morgan fingerprint density at radius 3 is 2.24 bits per heavy atom. The van der Waals surface area contributed by atoms with Gasteiger partial charge in [-0.2, -0.15) is 0 Å². The highest BCUT2D eigenvalue weighted by Crippen LogP contribution is 2.35. The second kappa shape index (κ2) is 8.14. The Labute approximate surface area is 199 Å². The van der Waals surface area contributed by atoms with E-state index in [0.29, 0.717) is 5.11 Å². The molecule has 6 rings (SSSR count). The SMILES string of the molecule is CN1CC2=C(NC(=S)NC2c2ccc3ccccc3c2)/C(=C/c2ccc3ccccc3c2)C1. The van der Waals surface area contributed by atoms with Crippen LogP contribution in [-0.2, 0) is 0 Å². The van der Waals surface area contributed by atoms with E-state index in [-0.39, 0.29) is 6.04 Å². The molecule has 0 bridgehead atoms. The quantitative estimate of drug-likeness (QED) is 0.380. The number of hydrogen-bond donors (Lipinski definition) is 2. The Kier molecular flexibility index (Phi) is 4.97. The molecule has 0 fully saturated rings. The summed E-state index contributed by atoms with van der Waals surface area (Å²) in [5, 5.41) is 12.7. The normalized spacial score (nSPS) is 20.1. The van der Waals surface area contributed by atoms with E-state index in [0.717, 1.165) is 13.1 Å². The first-order valence-electron chi connectivity index (χ1n) is 11.3. The molecule has 0 saturated heterocycles. The summed E-state index contributed by atoms with van der Waals surface area (Å²) in [7, 11) is 2.18. The van der Waals surface area contributed by atoms with Gasteiger partial charge in [0, 0.05) is 18.8 Å². The molecule has 3 nitrogen and oxygen atoms in total. The summed E-state index contributed by atoms with van der Waals surface area (Å²) in [4.78, 5) is 2.37. The molecular weight excluding hydrogens is 422 g/mol. The van der Waals surface area contributed by atoms with E-state index in [1.165, 1.54) is 49.5 Å². The van der Waals surface area contributed by atoms with Gasteiger partial charge in [-0.15, -0.1) is 0 Å². The summed E-state index contributed by atoms with van der Waals surface area (Å²) in [6, 6.07) is 30.4. The van der Waals surface area contributed by atoms with Gasteiger partial charge >= 0.3 is 0 Å². The average molecular weight is 448 g/mol. The van der Waals surface area contributed by atoms with Gasteiger partial charge in [0.2, 0.25) is 0 Å². The van der Waals surface area contributed by atoms with Gasteiger partial charge in [-0.25, -0.2) is 0 Å². The highest BCUT2D eigenvalue weighted by molar-refractivity contribution is 7.80. The number of nitrogens with one attached hydrogen (secondary N) is 2. The first-order chi connectivity index (χ1) is 16.1. The van der Waals surface area contributed by atoms with Crippen LogP contribution in [0.1, 0.15) is 17.2 Å². The Morgan fingerprint density at radius 1 is 0.818 bits per heavy atom. The maximum absolute atomic E-state index is 5.66. The summed E-state index contributed by atoms with van der Waals surface area (Å²) in [5.74, 6) is 0. The molecule has 0 amide bonds. The molecule has 4 aromatic carbocycles. The molecule has 2 aliphatic rings. The number of thiocarbonyl (C=S) groups is 1. The predicted octanol–water partition coefficient (Wildman–Crippen LogP) is 5.79. The Balaban J connectivity index is 1.45. The zero-order valence-corrected chi connectivity index (χ0v) is 19.3.